The van der Waals surface area contributed by atoms with Gasteiger partial charge in [-0.2, -0.15) is 0 Å². The first-order chi connectivity index (χ1) is 14.1. The second-order valence-electron chi connectivity index (χ2n) is 7.63. The first-order valence-corrected chi connectivity index (χ1v) is 10.9. The molecule has 0 unspecified atom stereocenters. The standard InChI is InChI=1S/C24H36N4O.HI/c1-4-25-24(26-16-6-8-19-28-18-7-5-11-23(28)29)27-17-9-10-21-12-14-22(15-13-21)20(2)3;/h5,7,11-15,18,20H,4,6,8-10,16-17,19H2,1-3H3,(H2,25,26,27);1H. The van der Waals surface area contributed by atoms with Crippen LogP contribution in [0.15, 0.2) is 58.4 Å². The fraction of sp³-hybridized carbons (Fsp3) is 0.500. The van der Waals surface area contributed by atoms with Crippen molar-refractivity contribution in [3.8, 4) is 0 Å². The molecule has 1 heterocycles. The number of pyridine rings is 1. The molecule has 0 aliphatic rings. The van der Waals surface area contributed by atoms with Crippen LogP contribution in [0.5, 0.6) is 0 Å². The number of aryl methyl sites for hydroxylation is 2. The van der Waals surface area contributed by atoms with Crippen molar-refractivity contribution in [2.75, 3.05) is 19.6 Å². The number of rotatable bonds is 11. The van der Waals surface area contributed by atoms with E-state index in [0.717, 1.165) is 57.8 Å². The summed E-state index contributed by atoms with van der Waals surface area (Å²) in [6.45, 7) is 9.79. The Morgan fingerprint density at radius 1 is 1.03 bits per heavy atom. The Balaban J connectivity index is 0.00000450. The number of benzene rings is 1. The van der Waals surface area contributed by atoms with Gasteiger partial charge in [-0.25, -0.2) is 0 Å². The van der Waals surface area contributed by atoms with Gasteiger partial charge in [0.25, 0.3) is 0 Å². The topological polar surface area (TPSA) is 58.4 Å². The van der Waals surface area contributed by atoms with Crippen LogP contribution in [-0.4, -0.2) is 30.2 Å². The van der Waals surface area contributed by atoms with Gasteiger partial charge in [0, 0.05) is 38.4 Å². The summed E-state index contributed by atoms with van der Waals surface area (Å²) in [5.74, 6) is 1.45. The third-order valence-corrected chi connectivity index (χ3v) is 4.90. The summed E-state index contributed by atoms with van der Waals surface area (Å²) in [5, 5.41) is 6.69. The predicted molar refractivity (Wildman–Crippen MR) is 138 cm³/mol. The van der Waals surface area contributed by atoms with Gasteiger partial charge < -0.3 is 15.2 Å². The Morgan fingerprint density at radius 2 is 1.80 bits per heavy atom. The highest BCUT2D eigenvalue weighted by Crippen LogP contribution is 2.15. The van der Waals surface area contributed by atoms with Crippen LogP contribution in [0.1, 0.15) is 57.1 Å². The molecule has 5 nitrogen and oxygen atoms in total. The highest BCUT2D eigenvalue weighted by molar-refractivity contribution is 14.0. The van der Waals surface area contributed by atoms with E-state index >= 15 is 0 Å². The molecular weight excluding hydrogens is 487 g/mol. The van der Waals surface area contributed by atoms with Crippen LogP contribution in [-0.2, 0) is 13.0 Å². The molecular formula is C24H37IN4O. The summed E-state index contributed by atoms with van der Waals surface area (Å²) in [6, 6.07) is 14.2. The Morgan fingerprint density at radius 3 is 2.47 bits per heavy atom. The summed E-state index contributed by atoms with van der Waals surface area (Å²) >= 11 is 0. The summed E-state index contributed by atoms with van der Waals surface area (Å²) < 4.78 is 1.76. The number of unbranched alkanes of at least 4 members (excludes halogenated alkanes) is 1. The lowest BCUT2D eigenvalue weighted by Gasteiger charge is -2.11. The third kappa shape index (κ3) is 9.78. The summed E-state index contributed by atoms with van der Waals surface area (Å²) in [4.78, 5) is 16.4. The lowest BCUT2D eigenvalue weighted by Crippen LogP contribution is -2.38. The predicted octanol–water partition coefficient (Wildman–Crippen LogP) is 4.56. The van der Waals surface area contributed by atoms with Gasteiger partial charge in [-0.1, -0.05) is 44.2 Å². The lowest BCUT2D eigenvalue weighted by molar-refractivity contribution is 0.585. The molecule has 2 N–H and O–H groups in total. The quantitative estimate of drug-likeness (QED) is 0.196. The molecule has 6 heteroatoms. The van der Waals surface area contributed by atoms with Crippen molar-refractivity contribution < 1.29 is 0 Å². The fourth-order valence-corrected chi connectivity index (χ4v) is 3.14. The van der Waals surface area contributed by atoms with Gasteiger partial charge in [-0.15, -0.1) is 24.0 Å². The maximum Gasteiger partial charge on any atom is 0.250 e. The molecule has 2 aromatic rings. The molecule has 0 saturated carbocycles. The first-order valence-electron chi connectivity index (χ1n) is 10.9. The smallest absolute Gasteiger partial charge is 0.250 e. The van der Waals surface area contributed by atoms with Crippen molar-refractivity contribution in [2.24, 2.45) is 4.99 Å². The van der Waals surface area contributed by atoms with Crippen LogP contribution in [0, 0.1) is 0 Å². The van der Waals surface area contributed by atoms with Crippen molar-refractivity contribution in [2.45, 2.75) is 58.9 Å². The number of nitrogens with one attached hydrogen (secondary N) is 2. The maximum atomic E-state index is 11.7. The van der Waals surface area contributed by atoms with Crippen LogP contribution in [0.2, 0.25) is 0 Å². The summed E-state index contributed by atoms with van der Waals surface area (Å²) in [5.41, 5.74) is 2.83. The van der Waals surface area contributed by atoms with E-state index in [-0.39, 0.29) is 29.5 Å². The Hall–Kier alpha value is -1.83. The van der Waals surface area contributed by atoms with Crippen molar-refractivity contribution in [1.29, 1.82) is 0 Å². The van der Waals surface area contributed by atoms with E-state index in [4.69, 9.17) is 0 Å². The third-order valence-electron chi connectivity index (χ3n) is 4.90. The zero-order chi connectivity index (χ0) is 20.9. The van der Waals surface area contributed by atoms with Crippen LogP contribution in [0.4, 0.5) is 0 Å². The van der Waals surface area contributed by atoms with E-state index < -0.39 is 0 Å². The van der Waals surface area contributed by atoms with Crippen LogP contribution in [0.3, 0.4) is 0 Å². The van der Waals surface area contributed by atoms with Crippen molar-refractivity contribution in [1.82, 2.24) is 15.2 Å². The highest BCUT2D eigenvalue weighted by atomic mass is 127. The second-order valence-corrected chi connectivity index (χ2v) is 7.63. The van der Waals surface area contributed by atoms with Gasteiger partial charge >= 0.3 is 0 Å². The Labute approximate surface area is 198 Å². The molecule has 0 amide bonds. The van der Waals surface area contributed by atoms with Gasteiger partial charge in [0.2, 0.25) is 5.56 Å². The van der Waals surface area contributed by atoms with E-state index in [9.17, 15) is 4.79 Å². The van der Waals surface area contributed by atoms with Gasteiger partial charge in [0.1, 0.15) is 0 Å². The average molecular weight is 524 g/mol. The Kier molecular flexibility index (Phi) is 13.1. The largest absolute Gasteiger partial charge is 0.357 e. The molecule has 0 aliphatic heterocycles. The van der Waals surface area contributed by atoms with Crippen molar-refractivity contribution in [3.05, 3.63) is 70.1 Å². The zero-order valence-corrected chi connectivity index (χ0v) is 20.9. The van der Waals surface area contributed by atoms with Gasteiger partial charge in [-0.05, 0) is 55.7 Å². The van der Waals surface area contributed by atoms with E-state index in [2.05, 4.69) is 60.7 Å². The molecule has 0 atom stereocenters. The van der Waals surface area contributed by atoms with Crippen LogP contribution in [0.25, 0.3) is 0 Å². The van der Waals surface area contributed by atoms with E-state index in [0.29, 0.717) is 5.92 Å². The van der Waals surface area contributed by atoms with Crippen molar-refractivity contribution in [3.63, 3.8) is 0 Å². The number of nitrogens with zero attached hydrogens (tertiary/aromatic N) is 2. The van der Waals surface area contributed by atoms with E-state index in [1.165, 1.54) is 11.1 Å². The van der Waals surface area contributed by atoms with Crippen LogP contribution < -0.4 is 16.2 Å². The van der Waals surface area contributed by atoms with Gasteiger partial charge in [0.05, 0.1) is 0 Å². The number of guanidine groups is 1. The molecule has 1 aromatic carbocycles. The van der Waals surface area contributed by atoms with Crippen molar-refractivity contribution >= 4 is 29.9 Å². The SMILES string of the molecule is CCNC(=NCCCc1ccc(C(C)C)cc1)NCCCCn1ccccc1=O.I. The fourth-order valence-electron chi connectivity index (χ4n) is 3.14. The molecule has 0 saturated heterocycles. The average Bonchev–Trinajstić information content (AvgIpc) is 2.72. The summed E-state index contributed by atoms with van der Waals surface area (Å²) in [7, 11) is 0. The molecule has 166 valence electrons. The number of hydrogen-bond donors (Lipinski definition) is 2. The molecule has 2 rings (SSSR count). The monoisotopic (exact) mass is 524 g/mol. The minimum atomic E-state index is 0. The molecule has 0 radical (unpaired) electrons. The highest BCUT2D eigenvalue weighted by Gasteiger charge is 2.00. The van der Waals surface area contributed by atoms with Crippen LogP contribution >= 0.6 is 24.0 Å². The number of hydrogen-bond acceptors (Lipinski definition) is 2. The maximum absolute atomic E-state index is 11.7. The molecule has 0 spiro atoms. The molecule has 0 aliphatic carbocycles. The van der Waals surface area contributed by atoms with E-state index in [1.54, 1.807) is 16.7 Å². The lowest BCUT2D eigenvalue weighted by atomic mass is 10.0. The molecule has 1 aromatic heterocycles. The van der Waals surface area contributed by atoms with Gasteiger partial charge in [0.15, 0.2) is 5.96 Å². The second kappa shape index (κ2) is 15.0. The minimum absolute atomic E-state index is 0. The molecule has 0 bridgehead atoms. The number of aliphatic imine (C=N–C) groups is 1. The van der Waals surface area contributed by atoms with E-state index in [1.807, 2.05) is 12.3 Å². The number of aromatic nitrogens is 1. The zero-order valence-electron chi connectivity index (χ0n) is 18.6. The number of halogens is 1. The van der Waals surface area contributed by atoms with Gasteiger partial charge in [-0.3, -0.25) is 9.79 Å². The molecule has 30 heavy (non-hydrogen) atoms. The normalized spacial score (nSPS) is 11.3. The summed E-state index contributed by atoms with van der Waals surface area (Å²) in [6.07, 6.45) is 5.88. The molecule has 0 fully saturated rings. The minimum Gasteiger partial charge on any atom is -0.357 e. The Bertz CT molecular complexity index is 799. The first kappa shape index (κ1) is 26.2.